The number of rotatable bonds is 5. The first-order valence-corrected chi connectivity index (χ1v) is 7.61. The lowest BCUT2D eigenvalue weighted by Gasteiger charge is -2.43. The molecule has 0 amide bonds. The maximum Gasteiger partial charge on any atom is 0.217 e. The van der Waals surface area contributed by atoms with Crippen LogP contribution in [0.3, 0.4) is 0 Å². The van der Waals surface area contributed by atoms with E-state index in [2.05, 4.69) is 34.7 Å². The minimum Gasteiger partial charge on any atom is -0.481 e. The molecule has 116 valence electrons. The molecule has 5 nitrogen and oxygen atoms in total. The Morgan fingerprint density at radius 1 is 1.38 bits per heavy atom. The summed E-state index contributed by atoms with van der Waals surface area (Å²) < 4.78 is 5.31. The Morgan fingerprint density at radius 2 is 2.05 bits per heavy atom. The van der Waals surface area contributed by atoms with E-state index in [1.54, 1.807) is 13.3 Å². The zero-order chi connectivity index (χ0) is 15.5. The number of thiocarbonyl (C=S) groups is 1. The molecule has 0 spiro atoms. The predicted octanol–water partition coefficient (Wildman–Crippen LogP) is 1.27. The third-order valence-corrected chi connectivity index (χ3v) is 4.70. The number of ether oxygens (including phenoxy) is 1. The summed E-state index contributed by atoms with van der Waals surface area (Å²) in [6, 6.07) is 4.02. The topological polar surface area (TPSA) is 54.6 Å². The minimum absolute atomic E-state index is 0.215. The Labute approximate surface area is 132 Å². The lowest BCUT2D eigenvalue weighted by atomic mass is 10.0. The lowest BCUT2D eigenvalue weighted by molar-refractivity contribution is 0.0816. The molecule has 0 radical (unpaired) electrons. The highest BCUT2D eigenvalue weighted by Crippen LogP contribution is 2.20. The molecule has 1 aliphatic rings. The Balaban J connectivity index is 1.94. The molecule has 0 saturated carbocycles. The summed E-state index contributed by atoms with van der Waals surface area (Å²) in [6.45, 7) is 8.96. The van der Waals surface area contributed by atoms with Gasteiger partial charge in [0, 0.05) is 44.5 Å². The van der Waals surface area contributed by atoms with Crippen molar-refractivity contribution in [1.82, 2.24) is 14.8 Å². The van der Waals surface area contributed by atoms with Crippen LogP contribution in [0.2, 0.25) is 0 Å². The summed E-state index contributed by atoms with van der Waals surface area (Å²) >= 11 is 5.18. The molecule has 1 aliphatic heterocycles. The van der Waals surface area contributed by atoms with Crippen molar-refractivity contribution in [1.29, 1.82) is 0 Å². The van der Waals surface area contributed by atoms with Crippen molar-refractivity contribution in [3.8, 4) is 5.88 Å². The summed E-state index contributed by atoms with van der Waals surface area (Å²) in [4.78, 5) is 9.57. The monoisotopic (exact) mass is 308 g/mol. The number of aromatic nitrogens is 1. The van der Waals surface area contributed by atoms with Gasteiger partial charge in [-0.15, -0.1) is 0 Å². The summed E-state index contributed by atoms with van der Waals surface area (Å²) in [7, 11) is 1.66. The molecular weight excluding hydrogens is 284 g/mol. The smallest absolute Gasteiger partial charge is 0.217 e. The molecule has 6 heteroatoms. The fourth-order valence-corrected chi connectivity index (χ4v) is 2.72. The summed E-state index contributed by atoms with van der Waals surface area (Å²) in [6.07, 6.45) is 1.75. The van der Waals surface area contributed by atoms with Gasteiger partial charge in [-0.05, 0) is 19.9 Å². The van der Waals surface area contributed by atoms with Gasteiger partial charge in [-0.25, -0.2) is 4.98 Å². The highest BCUT2D eigenvalue weighted by atomic mass is 32.1. The molecule has 1 saturated heterocycles. The van der Waals surface area contributed by atoms with Gasteiger partial charge in [-0.1, -0.05) is 18.3 Å². The van der Waals surface area contributed by atoms with E-state index < -0.39 is 0 Å². The van der Waals surface area contributed by atoms with Gasteiger partial charge < -0.3 is 10.5 Å². The number of methoxy groups -OCH3 is 1. The van der Waals surface area contributed by atoms with Gasteiger partial charge in [0.25, 0.3) is 0 Å². The van der Waals surface area contributed by atoms with Crippen LogP contribution in [0, 0.1) is 0 Å². The molecule has 1 fully saturated rings. The molecular formula is C15H24N4OS. The highest BCUT2D eigenvalue weighted by molar-refractivity contribution is 7.80. The number of nitrogens with zero attached hydrogens (tertiary/aromatic N) is 3. The normalized spacial score (nSPS) is 17.7. The highest BCUT2D eigenvalue weighted by Gasteiger charge is 2.32. The molecule has 0 aromatic carbocycles. The van der Waals surface area contributed by atoms with Gasteiger partial charge in [-0.2, -0.15) is 0 Å². The Hall–Kier alpha value is -1.24. The van der Waals surface area contributed by atoms with Crippen molar-refractivity contribution in [3.05, 3.63) is 23.9 Å². The van der Waals surface area contributed by atoms with Gasteiger partial charge in [0.1, 0.15) is 0 Å². The molecule has 0 bridgehead atoms. The Kier molecular flexibility index (Phi) is 5.13. The standard InChI is InChI=1S/C15H24N4OS/c1-15(2,14(16)21)19-9-7-18(8-10-19)11-12-5-4-6-17-13(12)20-3/h4-6H,7-11H2,1-3H3,(H2,16,21). The number of pyridine rings is 1. The molecule has 1 aromatic heterocycles. The number of hydrogen-bond acceptors (Lipinski definition) is 5. The van der Waals surface area contributed by atoms with Gasteiger partial charge in [0.2, 0.25) is 5.88 Å². The van der Waals surface area contributed by atoms with Gasteiger partial charge in [-0.3, -0.25) is 9.80 Å². The largest absolute Gasteiger partial charge is 0.481 e. The van der Waals surface area contributed by atoms with Gasteiger partial charge in [0.05, 0.1) is 17.6 Å². The van der Waals surface area contributed by atoms with E-state index in [9.17, 15) is 0 Å². The van der Waals surface area contributed by atoms with E-state index in [0.29, 0.717) is 10.9 Å². The first-order valence-electron chi connectivity index (χ1n) is 7.20. The molecule has 21 heavy (non-hydrogen) atoms. The van der Waals surface area contributed by atoms with Crippen molar-refractivity contribution in [2.45, 2.75) is 25.9 Å². The van der Waals surface area contributed by atoms with Crippen LogP contribution in [0.1, 0.15) is 19.4 Å². The van der Waals surface area contributed by atoms with Gasteiger partial charge >= 0.3 is 0 Å². The summed E-state index contributed by atoms with van der Waals surface area (Å²) in [5, 5.41) is 0. The summed E-state index contributed by atoms with van der Waals surface area (Å²) in [5.74, 6) is 0.711. The molecule has 1 aromatic rings. The maximum atomic E-state index is 5.85. The van der Waals surface area contributed by atoms with Crippen molar-refractivity contribution >= 4 is 17.2 Å². The van der Waals surface area contributed by atoms with E-state index in [1.807, 2.05) is 6.07 Å². The van der Waals surface area contributed by atoms with Crippen LogP contribution < -0.4 is 10.5 Å². The van der Waals surface area contributed by atoms with Crippen molar-refractivity contribution in [2.24, 2.45) is 5.73 Å². The van der Waals surface area contributed by atoms with Crippen LogP contribution in [0.4, 0.5) is 0 Å². The predicted molar refractivity (Wildman–Crippen MR) is 88.5 cm³/mol. The minimum atomic E-state index is -0.215. The first kappa shape index (κ1) is 16.1. The van der Waals surface area contributed by atoms with Gasteiger partial charge in [0.15, 0.2) is 0 Å². The fraction of sp³-hybridized carbons (Fsp3) is 0.600. The van der Waals surface area contributed by atoms with Crippen LogP contribution >= 0.6 is 12.2 Å². The van der Waals surface area contributed by atoms with Crippen molar-refractivity contribution in [3.63, 3.8) is 0 Å². The molecule has 2 N–H and O–H groups in total. The van der Waals surface area contributed by atoms with Crippen LogP contribution in [0.15, 0.2) is 18.3 Å². The maximum absolute atomic E-state index is 5.85. The average Bonchev–Trinajstić information content (AvgIpc) is 2.48. The number of hydrogen-bond donors (Lipinski definition) is 1. The zero-order valence-electron chi connectivity index (χ0n) is 13.0. The fourth-order valence-electron chi connectivity index (χ4n) is 2.59. The van der Waals surface area contributed by atoms with Crippen LogP contribution in [0.25, 0.3) is 0 Å². The zero-order valence-corrected chi connectivity index (χ0v) is 13.8. The van der Waals surface area contributed by atoms with Crippen LogP contribution in [0.5, 0.6) is 5.88 Å². The Bertz CT molecular complexity index is 498. The van der Waals surface area contributed by atoms with Crippen molar-refractivity contribution < 1.29 is 4.74 Å². The van der Waals surface area contributed by atoms with E-state index in [4.69, 9.17) is 22.7 Å². The van der Waals surface area contributed by atoms with Crippen LogP contribution in [-0.2, 0) is 6.54 Å². The van der Waals surface area contributed by atoms with E-state index >= 15 is 0 Å². The van der Waals surface area contributed by atoms with E-state index in [1.165, 1.54) is 0 Å². The van der Waals surface area contributed by atoms with E-state index in [0.717, 1.165) is 38.3 Å². The third kappa shape index (κ3) is 3.70. The third-order valence-electron chi connectivity index (χ3n) is 4.20. The average molecular weight is 308 g/mol. The molecule has 0 aliphatic carbocycles. The first-order chi connectivity index (χ1) is 9.95. The second-order valence-corrected chi connectivity index (χ2v) is 6.30. The second-order valence-electron chi connectivity index (χ2n) is 5.86. The quantitative estimate of drug-likeness (QED) is 0.827. The molecule has 2 rings (SSSR count). The molecule has 2 heterocycles. The summed E-state index contributed by atoms with van der Waals surface area (Å²) in [5.41, 5.74) is 6.76. The lowest BCUT2D eigenvalue weighted by Crippen LogP contribution is -2.59. The SMILES string of the molecule is COc1ncccc1CN1CCN(C(C)(C)C(N)=S)CC1. The molecule has 0 atom stereocenters. The Morgan fingerprint density at radius 3 is 2.62 bits per heavy atom. The number of nitrogens with two attached hydrogens (primary N) is 1. The van der Waals surface area contributed by atoms with Crippen molar-refractivity contribution in [2.75, 3.05) is 33.3 Å². The number of piperazine rings is 1. The molecule has 0 unspecified atom stereocenters. The van der Waals surface area contributed by atoms with Crippen LogP contribution in [-0.4, -0.2) is 58.6 Å². The second kappa shape index (κ2) is 6.68. The van der Waals surface area contributed by atoms with E-state index in [-0.39, 0.29) is 5.54 Å².